The summed E-state index contributed by atoms with van der Waals surface area (Å²) in [5, 5.41) is 9.57. The summed E-state index contributed by atoms with van der Waals surface area (Å²) in [6, 6.07) is 6.45. The fourth-order valence-corrected chi connectivity index (χ4v) is 4.03. The van der Waals surface area contributed by atoms with Gasteiger partial charge in [-0.2, -0.15) is 5.10 Å². The van der Waals surface area contributed by atoms with Crippen LogP contribution in [0, 0.1) is 5.92 Å². The maximum absolute atomic E-state index is 12.9. The third kappa shape index (κ3) is 4.68. The van der Waals surface area contributed by atoms with E-state index in [-0.39, 0.29) is 12.5 Å². The molecule has 2 N–H and O–H groups in total. The molecule has 2 fully saturated rings. The summed E-state index contributed by atoms with van der Waals surface area (Å²) in [6.45, 7) is 2.76. The predicted octanol–water partition coefficient (Wildman–Crippen LogP) is 1.80. The van der Waals surface area contributed by atoms with E-state index in [1.807, 2.05) is 0 Å². The second-order valence-corrected chi connectivity index (χ2v) is 8.17. The van der Waals surface area contributed by atoms with Crippen molar-refractivity contribution in [3.63, 3.8) is 0 Å². The number of nitrogens with zero attached hydrogens (tertiary/aromatic N) is 4. The molecule has 31 heavy (non-hydrogen) atoms. The number of carbonyl (C=O) groups is 3. The Morgan fingerprint density at radius 1 is 1.32 bits per heavy atom. The van der Waals surface area contributed by atoms with Gasteiger partial charge in [-0.3, -0.25) is 14.5 Å². The summed E-state index contributed by atoms with van der Waals surface area (Å²) >= 11 is 0. The third-order valence-corrected chi connectivity index (χ3v) is 5.85. The van der Waals surface area contributed by atoms with Gasteiger partial charge in [-0.05, 0) is 43.7 Å². The zero-order valence-corrected chi connectivity index (χ0v) is 17.4. The molecule has 10 nitrogen and oxygen atoms in total. The molecule has 0 bridgehead atoms. The van der Waals surface area contributed by atoms with Gasteiger partial charge < -0.3 is 15.4 Å². The van der Waals surface area contributed by atoms with E-state index < -0.39 is 17.5 Å². The molecule has 10 heteroatoms. The number of urea groups is 1. The standard InChI is InChI=1S/C21H26N6O4/c1-15-5-7-21(8-6-15)19(29)27(20(30)25-21)12-18(28)24-16-3-2-4-17(11-16)31-10-9-26-14-22-13-23-26/h2-4,11,13-15H,5-10,12H2,1H3,(H,24,28)(H,25,30). The molecule has 1 aromatic heterocycles. The van der Waals surface area contributed by atoms with E-state index in [0.29, 0.717) is 43.3 Å². The first kappa shape index (κ1) is 20.8. The lowest BCUT2D eigenvalue weighted by Gasteiger charge is -2.33. The van der Waals surface area contributed by atoms with Crippen LogP contribution in [0.2, 0.25) is 0 Å². The first-order valence-electron chi connectivity index (χ1n) is 10.4. The van der Waals surface area contributed by atoms with Gasteiger partial charge in [0, 0.05) is 11.8 Å². The quantitative estimate of drug-likeness (QED) is 0.652. The van der Waals surface area contributed by atoms with E-state index >= 15 is 0 Å². The average Bonchev–Trinajstić information content (AvgIpc) is 3.34. The lowest BCUT2D eigenvalue weighted by atomic mass is 9.77. The number of aromatic nitrogens is 3. The Labute approximate surface area is 180 Å². The summed E-state index contributed by atoms with van der Waals surface area (Å²) in [5.41, 5.74) is -0.321. The number of anilines is 1. The predicted molar refractivity (Wildman–Crippen MR) is 111 cm³/mol. The molecule has 1 aromatic carbocycles. The minimum absolute atomic E-state index is 0.301. The van der Waals surface area contributed by atoms with Crippen molar-refractivity contribution in [3.05, 3.63) is 36.9 Å². The van der Waals surface area contributed by atoms with Crippen molar-refractivity contribution < 1.29 is 19.1 Å². The number of benzene rings is 1. The third-order valence-electron chi connectivity index (χ3n) is 5.85. The molecular formula is C21H26N6O4. The molecule has 0 atom stereocenters. The topological polar surface area (TPSA) is 118 Å². The molecule has 1 saturated carbocycles. The van der Waals surface area contributed by atoms with Gasteiger partial charge >= 0.3 is 6.03 Å². The highest BCUT2D eigenvalue weighted by Crippen LogP contribution is 2.36. The van der Waals surface area contributed by atoms with Crippen LogP contribution < -0.4 is 15.4 Å². The monoisotopic (exact) mass is 426 g/mol. The summed E-state index contributed by atoms with van der Waals surface area (Å²) < 4.78 is 7.34. The molecule has 2 aliphatic rings. The first-order valence-corrected chi connectivity index (χ1v) is 10.4. The van der Waals surface area contributed by atoms with E-state index in [9.17, 15) is 14.4 Å². The number of hydrogen-bond acceptors (Lipinski definition) is 6. The van der Waals surface area contributed by atoms with Crippen LogP contribution in [-0.4, -0.2) is 56.2 Å². The Morgan fingerprint density at radius 3 is 2.87 bits per heavy atom. The van der Waals surface area contributed by atoms with Crippen molar-refractivity contribution in [2.75, 3.05) is 18.5 Å². The Morgan fingerprint density at radius 2 is 2.13 bits per heavy atom. The van der Waals surface area contributed by atoms with Crippen molar-refractivity contribution >= 4 is 23.5 Å². The minimum Gasteiger partial charge on any atom is -0.492 e. The summed E-state index contributed by atoms with van der Waals surface area (Å²) in [5.74, 6) is 0.385. The van der Waals surface area contributed by atoms with Crippen molar-refractivity contribution in [2.45, 2.75) is 44.7 Å². The van der Waals surface area contributed by atoms with Gasteiger partial charge in [0.25, 0.3) is 5.91 Å². The molecule has 2 aromatic rings. The van der Waals surface area contributed by atoms with Crippen LogP contribution in [0.4, 0.5) is 10.5 Å². The number of nitrogens with one attached hydrogen (secondary N) is 2. The van der Waals surface area contributed by atoms with Gasteiger partial charge in [0.2, 0.25) is 5.91 Å². The van der Waals surface area contributed by atoms with Gasteiger partial charge in [-0.15, -0.1) is 0 Å². The van der Waals surface area contributed by atoms with E-state index in [1.54, 1.807) is 35.3 Å². The number of ether oxygens (including phenoxy) is 1. The van der Waals surface area contributed by atoms with Gasteiger partial charge in [0.05, 0.1) is 6.54 Å². The SMILES string of the molecule is CC1CCC2(CC1)NC(=O)N(CC(=O)Nc1cccc(OCCn3cncn3)c1)C2=O. The molecule has 164 valence electrons. The largest absolute Gasteiger partial charge is 0.492 e. The number of imide groups is 1. The van der Waals surface area contributed by atoms with Crippen molar-refractivity contribution in [3.8, 4) is 5.75 Å². The van der Waals surface area contributed by atoms with Crippen molar-refractivity contribution in [1.29, 1.82) is 0 Å². The second-order valence-electron chi connectivity index (χ2n) is 8.17. The zero-order chi connectivity index (χ0) is 21.8. The molecule has 1 aliphatic carbocycles. The van der Waals surface area contributed by atoms with Gasteiger partial charge in [-0.25, -0.2) is 14.5 Å². The molecule has 4 amide bonds. The summed E-state index contributed by atoms with van der Waals surface area (Å²) in [4.78, 5) is 42.7. The van der Waals surface area contributed by atoms with Gasteiger partial charge in [-0.1, -0.05) is 13.0 Å². The maximum atomic E-state index is 12.9. The van der Waals surface area contributed by atoms with E-state index in [0.717, 1.165) is 17.7 Å². The van der Waals surface area contributed by atoms with Gasteiger partial charge in [0.15, 0.2) is 0 Å². The molecule has 0 unspecified atom stereocenters. The highest BCUT2D eigenvalue weighted by molar-refractivity contribution is 6.10. The van der Waals surface area contributed by atoms with Crippen LogP contribution in [0.5, 0.6) is 5.75 Å². The highest BCUT2D eigenvalue weighted by Gasteiger charge is 2.52. The smallest absolute Gasteiger partial charge is 0.325 e. The minimum atomic E-state index is -0.846. The fraction of sp³-hybridized carbons (Fsp3) is 0.476. The van der Waals surface area contributed by atoms with Crippen LogP contribution in [0.1, 0.15) is 32.6 Å². The lowest BCUT2D eigenvalue weighted by molar-refractivity contribution is -0.135. The van der Waals surface area contributed by atoms with Crippen LogP contribution in [-0.2, 0) is 16.1 Å². The Hall–Kier alpha value is -3.43. The number of rotatable bonds is 7. The van der Waals surface area contributed by atoms with Crippen LogP contribution in [0.25, 0.3) is 0 Å². The number of hydrogen-bond donors (Lipinski definition) is 2. The number of carbonyl (C=O) groups excluding carboxylic acids is 3. The maximum Gasteiger partial charge on any atom is 0.325 e. The van der Waals surface area contributed by atoms with Crippen LogP contribution >= 0.6 is 0 Å². The lowest BCUT2D eigenvalue weighted by Crippen LogP contribution is -2.49. The zero-order valence-electron chi connectivity index (χ0n) is 17.4. The Bertz CT molecular complexity index is 953. The Kier molecular flexibility index (Phi) is 5.88. The normalized spacial score (nSPS) is 23.1. The fourth-order valence-electron chi connectivity index (χ4n) is 4.03. The van der Waals surface area contributed by atoms with Crippen LogP contribution in [0.15, 0.2) is 36.9 Å². The molecule has 1 spiro atoms. The highest BCUT2D eigenvalue weighted by atomic mass is 16.5. The first-order chi connectivity index (χ1) is 14.9. The molecular weight excluding hydrogens is 400 g/mol. The summed E-state index contributed by atoms with van der Waals surface area (Å²) in [7, 11) is 0. The van der Waals surface area contributed by atoms with Crippen LogP contribution in [0.3, 0.4) is 0 Å². The van der Waals surface area contributed by atoms with Crippen molar-refractivity contribution in [2.24, 2.45) is 5.92 Å². The van der Waals surface area contributed by atoms with E-state index in [4.69, 9.17) is 4.74 Å². The molecule has 1 aliphatic heterocycles. The number of amides is 4. The van der Waals surface area contributed by atoms with Crippen molar-refractivity contribution in [1.82, 2.24) is 25.0 Å². The van der Waals surface area contributed by atoms with E-state index in [1.165, 1.54) is 6.33 Å². The molecule has 0 radical (unpaired) electrons. The molecule has 2 heterocycles. The molecule has 1 saturated heterocycles. The second kappa shape index (κ2) is 8.75. The summed E-state index contributed by atoms with van der Waals surface area (Å²) in [6.07, 6.45) is 6.06. The Balaban J connectivity index is 1.31. The van der Waals surface area contributed by atoms with Gasteiger partial charge in [0.1, 0.15) is 37.1 Å². The molecule has 4 rings (SSSR count). The average molecular weight is 426 g/mol. The van der Waals surface area contributed by atoms with E-state index in [2.05, 4.69) is 27.6 Å².